The lowest BCUT2D eigenvalue weighted by Crippen LogP contribution is -2.26. The van der Waals surface area contributed by atoms with Gasteiger partial charge in [0.25, 0.3) is 0 Å². The van der Waals surface area contributed by atoms with E-state index in [0.29, 0.717) is 11.3 Å². The summed E-state index contributed by atoms with van der Waals surface area (Å²) < 4.78 is 4.70. The van der Waals surface area contributed by atoms with Crippen LogP contribution in [0.15, 0.2) is 17.0 Å². The van der Waals surface area contributed by atoms with Crippen molar-refractivity contribution in [1.82, 2.24) is 0 Å². The van der Waals surface area contributed by atoms with Crippen LogP contribution in [-0.4, -0.2) is 24.2 Å². The van der Waals surface area contributed by atoms with Gasteiger partial charge in [0, 0.05) is 4.90 Å². The van der Waals surface area contributed by atoms with E-state index in [-0.39, 0.29) is 17.1 Å². The number of anilines is 1. The molecule has 1 aliphatic rings. The Morgan fingerprint density at radius 3 is 2.82 bits per heavy atom. The summed E-state index contributed by atoms with van der Waals surface area (Å²) in [5, 5.41) is 2.68. The molecule has 0 fully saturated rings. The molecule has 17 heavy (non-hydrogen) atoms. The van der Waals surface area contributed by atoms with Gasteiger partial charge in [0.15, 0.2) is 0 Å². The minimum absolute atomic E-state index is 0.0397. The van der Waals surface area contributed by atoms with Crippen molar-refractivity contribution in [3.8, 4) is 0 Å². The molecule has 1 aliphatic heterocycles. The second kappa shape index (κ2) is 4.41. The first-order valence-corrected chi connectivity index (χ1v) is 6.11. The van der Waals surface area contributed by atoms with E-state index < -0.39 is 0 Å². The third-order valence-electron chi connectivity index (χ3n) is 2.66. The van der Waals surface area contributed by atoms with Crippen LogP contribution in [0, 0.1) is 6.92 Å². The number of hydrogen-bond acceptors (Lipinski definition) is 4. The van der Waals surface area contributed by atoms with Crippen LogP contribution in [0.3, 0.4) is 0 Å². The summed E-state index contributed by atoms with van der Waals surface area (Å²) in [4.78, 5) is 24.1. The minimum Gasteiger partial charge on any atom is -0.465 e. The van der Waals surface area contributed by atoms with Crippen molar-refractivity contribution in [2.24, 2.45) is 0 Å². The molecule has 0 spiro atoms. The van der Waals surface area contributed by atoms with Gasteiger partial charge in [0.05, 0.1) is 23.6 Å². The zero-order valence-electron chi connectivity index (χ0n) is 9.87. The summed E-state index contributed by atoms with van der Waals surface area (Å²) in [5.41, 5.74) is 2.03. The van der Waals surface area contributed by atoms with Gasteiger partial charge in [0.1, 0.15) is 0 Å². The van der Waals surface area contributed by atoms with Gasteiger partial charge in [-0.3, -0.25) is 4.79 Å². The number of carbonyl (C=O) groups excluding carboxylic acids is 2. The summed E-state index contributed by atoms with van der Waals surface area (Å²) in [6.45, 7) is 3.71. The van der Waals surface area contributed by atoms with E-state index in [1.54, 1.807) is 6.07 Å². The quantitative estimate of drug-likeness (QED) is 0.777. The molecule has 90 valence electrons. The van der Waals surface area contributed by atoms with E-state index in [9.17, 15) is 9.59 Å². The van der Waals surface area contributed by atoms with E-state index in [0.717, 1.165) is 10.5 Å². The zero-order chi connectivity index (χ0) is 12.6. The van der Waals surface area contributed by atoms with E-state index in [1.807, 2.05) is 19.9 Å². The zero-order valence-corrected chi connectivity index (χ0v) is 10.7. The number of fused-ring (bicyclic) bond motifs is 1. The highest BCUT2D eigenvalue weighted by Crippen LogP contribution is 2.37. The predicted molar refractivity (Wildman–Crippen MR) is 66.5 cm³/mol. The van der Waals surface area contributed by atoms with Crippen molar-refractivity contribution in [2.75, 3.05) is 12.4 Å². The predicted octanol–water partition coefficient (Wildman–Crippen LogP) is 2.21. The highest BCUT2D eigenvalue weighted by atomic mass is 32.2. The molecule has 1 unspecified atom stereocenters. The molecule has 0 aromatic heterocycles. The van der Waals surface area contributed by atoms with Gasteiger partial charge in [-0.05, 0) is 31.5 Å². The Morgan fingerprint density at radius 2 is 2.18 bits per heavy atom. The third-order valence-corrected chi connectivity index (χ3v) is 3.82. The molecule has 1 aromatic rings. The maximum absolute atomic E-state index is 11.5. The maximum Gasteiger partial charge on any atom is 0.338 e. The second-order valence-corrected chi connectivity index (χ2v) is 5.29. The monoisotopic (exact) mass is 251 g/mol. The van der Waals surface area contributed by atoms with Crippen LogP contribution >= 0.6 is 11.8 Å². The molecule has 0 bridgehead atoms. The van der Waals surface area contributed by atoms with Crippen LogP contribution in [0.1, 0.15) is 22.8 Å². The number of ether oxygens (including phenoxy) is 1. The smallest absolute Gasteiger partial charge is 0.338 e. The fraction of sp³-hybridized carbons (Fsp3) is 0.333. The highest BCUT2D eigenvalue weighted by Gasteiger charge is 2.25. The Kier molecular flexibility index (Phi) is 3.11. The van der Waals surface area contributed by atoms with Gasteiger partial charge in [-0.25, -0.2) is 4.79 Å². The SMILES string of the molecule is COC(=O)c1cc2c(cc1C)SC(C)C(=O)N2. The van der Waals surface area contributed by atoms with E-state index >= 15 is 0 Å². The maximum atomic E-state index is 11.5. The first-order valence-electron chi connectivity index (χ1n) is 5.23. The Balaban J connectivity index is 2.46. The molecule has 1 heterocycles. The van der Waals surface area contributed by atoms with Crippen LogP contribution in [0.4, 0.5) is 5.69 Å². The van der Waals surface area contributed by atoms with Crippen LogP contribution in [-0.2, 0) is 9.53 Å². The number of rotatable bonds is 1. The molecule has 1 aromatic carbocycles. The van der Waals surface area contributed by atoms with Gasteiger partial charge in [0.2, 0.25) is 5.91 Å². The number of esters is 1. The molecule has 1 amide bonds. The lowest BCUT2D eigenvalue weighted by Gasteiger charge is -2.22. The minimum atomic E-state index is -0.386. The van der Waals surface area contributed by atoms with Crippen molar-refractivity contribution in [3.05, 3.63) is 23.3 Å². The fourth-order valence-corrected chi connectivity index (χ4v) is 2.71. The highest BCUT2D eigenvalue weighted by molar-refractivity contribution is 8.00. The van der Waals surface area contributed by atoms with E-state index in [4.69, 9.17) is 4.74 Å². The molecule has 0 saturated carbocycles. The molecular weight excluding hydrogens is 238 g/mol. The fourth-order valence-electron chi connectivity index (χ4n) is 1.68. The van der Waals surface area contributed by atoms with Gasteiger partial charge in [-0.2, -0.15) is 0 Å². The first-order chi connectivity index (χ1) is 8.02. The topological polar surface area (TPSA) is 55.4 Å². The standard InChI is InChI=1S/C12H13NO3S/c1-6-4-10-9(5-8(6)12(15)16-3)13-11(14)7(2)17-10/h4-5,7H,1-3H3,(H,13,14). The Bertz CT molecular complexity index is 499. The van der Waals surface area contributed by atoms with Gasteiger partial charge in [-0.15, -0.1) is 11.8 Å². The molecule has 0 aliphatic carbocycles. The second-order valence-electron chi connectivity index (χ2n) is 3.90. The molecule has 2 rings (SSSR count). The number of benzene rings is 1. The molecule has 0 saturated heterocycles. The number of thioether (sulfide) groups is 1. The van der Waals surface area contributed by atoms with Crippen LogP contribution in [0.25, 0.3) is 0 Å². The number of methoxy groups -OCH3 is 1. The van der Waals surface area contributed by atoms with Crippen molar-refractivity contribution in [1.29, 1.82) is 0 Å². The van der Waals surface area contributed by atoms with Crippen molar-refractivity contribution < 1.29 is 14.3 Å². The Hall–Kier alpha value is -1.49. The summed E-state index contributed by atoms with van der Waals surface area (Å²) in [6, 6.07) is 3.58. The van der Waals surface area contributed by atoms with Crippen LogP contribution in [0.5, 0.6) is 0 Å². The lowest BCUT2D eigenvalue weighted by molar-refractivity contribution is -0.115. The van der Waals surface area contributed by atoms with Gasteiger partial charge < -0.3 is 10.1 Å². The third kappa shape index (κ3) is 2.15. The van der Waals surface area contributed by atoms with E-state index in [2.05, 4.69) is 5.32 Å². The molecule has 4 nitrogen and oxygen atoms in total. The average Bonchev–Trinajstić information content (AvgIpc) is 2.30. The largest absolute Gasteiger partial charge is 0.465 e. The van der Waals surface area contributed by atoms with Crippen molar-refractivity contribution in [3.63, 3.8) is 0 Å². The normalized spacial score (nSPS) is 18.3. The van der Waals surface area contributed by atoms with Crippen molar-refractivity contribution in [2.45, 2.75) is 24.0 Å². The number of amides is 1. The lowest BCUT2D eigenvalue weighted by atomic mass is 10.1. The summed E-state index contributed by atoms with van der Waals surface area (Å²) in [5.74, 6) is -0.426. The Morgan fingerprint density at radius 1 is 1.47 bits per heavy atom. The van der Waals surface area contributed by atoms with Gasteiger partial charge in [-0.1, -0.05) is 0 Å². The summed E-state index contributed by atoms with van der Waals surface area (Å²) in [6.07, 6.45) is 0. The van der Waals surface area contributed by atoms with Crippen LogP contribution in [0.2, 0.25) is 0 Å². The number of nitrogens with one attached hydrogen (secondary N) is 1. The molecule has 5 heteroatoms. The number of carbonyl (C=O) groups is 2. The molecular formula is C12H13NO3S. The first kappa shape index (κ1) is 12.0. The number of aryl methyl sites for hydroxylation is 1. The summed E-state index contributed by atoms with van der Waals surface area (Å²) >= 11 is 1.50. The average molecular weight is 251 g/mol. The Labute approximate surface area is 104 Å². The van der Waals surface area contributed by atoms with E-state index in [1.165, 1.54) is 18.9 Å². The van der Waals surface area contributed by atoms with Crippen LogP contribution < -0.4 is 5.32 Å². The molecule has 0 radical (unpaired) electrons. The molecule has 1 atom stereocenters. The van der Waals surface area contributed by atoms with Crippen molar-refractivity contribution >= 4 is 29.3 Å². The van der Waals surface area contributed by atoms with Gasteiger partial charge >= 0.3 is 5.97 Å². The summed E-state index contributed by atoms with van der Waals surface area (Å²) in [7, 11) is 1.34. The molecule has 1 N–H and O–H groups in total. The number of hydrogen-bond donors (Lipinski definition) is 1.